The van der Waals surface area contributed by atoms with Crippen molar-refractivity contribution in [2.24, 2.45) is 5.92 Å². The van der Waals surface area contributed by atoms with Gasteiger partial charge >= 0.3 is 5.97 Å². The summed E-state index contributed by atoms with van der Waals surface area (Å²) in [6.07, 6.45) is 3.15. The van der Waals surface area contributed by atoms with E-state index < -0.39 is 16.0 Å². The standard InChI is InChI=1S/C12H20N4O4S/c1-9-6-15(2)4-3-11(9)14-21(19,20)10-5-13-16(7-10)8-12(17)18/h5,7,9,11,14H,3-4,6,8H2,1-2H3,(H,17,18). The minimum absolute atomic E-state index is 0.00474. The molecule has 0 saturated carbocycles. The van der Waals surface area contributed by atoms with Gasteiger partial charge in [-0.2, -0.15) is 5.10 Å². The summed E-state index contributed by atoms with van der Waals surface area (Å²) in [7, 11) is -1.66. The number of aliphatic carboxylic acids is 1. The van der Waals surface area contributed by atoms with Crippen molar-refractivity contribution in [3.8, 4) is 0 Å². The zero-order valence-corrected chi connectivity index (χ0v) is 12.9. The van der Waals surface area contributed by atoms with Crippen molar-refractivity contribution < 1.29 is 18.3 Å². The maximum Gasteiger partial charge on any atom is 0.325 e. The molecule has 2 rings (SSSR count). The molecule has 0 radical (unpaired) electrons. The van der Waals surface area contributed by atoms with Crippen molar-refractivity contribution in [1.82, 2.24) is 19.4 Å². The summed E-state index contributed by atoms with van der Waals surface area (Å²) in [5.74, 6) is -0.855. The molecule has 9 heteroatoms. The fourth-order valence-corrected chi connectivity index (χ4v) is 3.84. The number of hydrogen-bond donors (Lipinski definition) is 2. The van der Waals surface area contributed by atoms with Crippen molar-refractivity contribution in [2.75, 3.05) is 20.1 Å². The second-order valence-corrected chi connectivity index (χ2v) is 7.24. The Labute approximate surface area is 123 Å². The van der Waals surface area contributed by atoms with E-state index in [9.17, 15) is 13.2 Å². The average Bonchev–Trinajstić information content (AvgIpc) is 2.81. The lowest BCUT2D eigenvalue weighted by Crippen LogP contribution is -2.48. The van der Waals surface area contributed by atoms with Crippen LogP contribution in [0.15, 0.2) is 17.3 Å². The zero-order chi connectivity index (χ0) is 15.6. The molecule has 1 aliphatic rings. The van der Waals surface area contributed by atoms with Gasteiger partial charge in [-0.15, -0.1) is 0 Å². The van der Waals surface area contributed by atoms with Gasteiger partial charge in [-0.25, -0.2) is 13.1 Å². The third-order valence-corrected chi connectivity index (χ3v) is 5.08. The minimum Gasteiger partial charge on any atom is -0.480 e. The van der Waals surface area contributed by atoms with Crippen LogP contribution in [-0.4, -0.2) is 60.4 Å². The Bertz CT molecular complexity index is 613. The van der Waals surface area contributed by atoms with Gasteiger partial charge in [0, 0.05) is 18.8 Å². The van der Waals surface area contributed by atoms with E-state index in [1.807, 2.05) is 14.0 Å². The van der Waals surface area contributed by atoms with Crippen molar-refractivity contribution in [3.63, 3.8) is 0 Å². The number of carboxylic acids is 1. The minimum atomic E-state index is -3.67. The molecule has 2 unspecified atom stereocenters. The van der Waals surface area contributed by atoms with Crippen LogP contribution in [0.2, 0.25) is 0 Å². The summed E-state index contributed by atoms with van der Waals surface area (Å²) in [5.41, 5.74) is 0. The predicted molar refractivity (Wildman–Crippen MR) is 75.3 cm³/mol. The number of carboxylic acid groups (broad SMARTS) is 1. The van der Waals surface area contributed by atoms with Crippen molar-refractivity contribution in [2.45, 2.75) is 30.8 Å². The normalized spacial score (nSPS) is 24.1. The first-order valence-corrected chi connectivity index (χ1v) is 8.21. The van der Waals surface area contributed by atoms with E-state index >= 15 is 0 Å². The van der Waals surface area contributed by atoms with Crippen LogP contribution in [0.4, 0.5) is 0 Å². The van der Waals surface area contributed by atoms with Crippen LogP contribution >= 0.6 is 0 Å². The number of aromatic nitrogens is 2. The van der Waals surface area contributed by atoms with E-state index in [2.05, 4.69) is 14.7 Å². The molecule has 1 fully saturated rings. The van der Waals surface area contributed by atoms with Gasteiger partial charge in [0.1, 0.15) is 11.4 Å². The maximum atomic E-state index is 12.3. The van der Waals surface area contributed by atoms with Crippen LogP contribution < -0.4 is 4.72 Å². The van der Waals surface area contributed by atoms with Crippen LogP contribution in [0.3, 0.4) is 0 Å². The first kappa shape index (κ1) is 15.9. The smallest absolute Gasteiger partial charge is 0.325 e. The van der Waals surface area contributed by atoms with E-state index in [0.717, 1.165) is 24.2 Å². The molecule has 0 aromatic carbocycles. The summed E-state index contributed by atoms with van der Waals surface area (Å²) < 4.78 is 28.4. The highest BCUT2D eigenvalue weighted by molar-refractivity contribution is 7.89. The molecule has 0 spiro atoms. The van der Waals surface area contributed by atoms with Gasteiger partial charge in [-0.05, 0) is 25.9 Å². The van der Waals surface area contributed by atoms with Crippen LogP contribution in [-0.2, 0) is 21.4 Å². The van der Waals surface area contributed by atoms with Crippen LogP contribution in [0.25, 0.3) is 0 Å². The van der Waals surface area contributed by atoms with E-state index in [0.29, 0.717) is 0 Å². The Morgan fingerprint density at radius 3 is 2.90 bits per heavy atom. The first-order valence-electron chi connectivity index (χ1n) is 6.73. The fourth-order valence-electron chi connectivity index (χ4n) is 2.50. The van der Waals surface area contributed by atoms with Crippen molar-refractivity contribution >= 4 is 16.0 Å². The lowest BCUT2D eigenvalue weighted by atomic mass is 9.95. The number of likely N-dealkylation sites (tertiary alicyclic amines) is 1. The van der Waals surface area contributed by atoms with E-state index in [-0.39, 0.29) is 23.4 Å². The third kappa shape index (κ3) is 4.02. The number of sulfonamides is 1. The molecular weight excluding hydrogens is 296 g/mol. The number of hydrogen-bond acceptors (Lipinski definition) is 5. The quantitative estimate of drug-likeness (QED) is 0.765. The summed E-state index contributed by atoms with van der Waals surface area (Å²) in [6, 6.07) is -0.117. The monoisotopic (exact) mass is 316 g/mol. The van der Waals surface area contributed by atoms with E-state index in [1.54, 1.807) is 0 Å². The molecule has 1 aliphatic heterocycles. The number of nitrogens with one attached hydrogen (secondary N) is 1. The van der Waals surface area contributed by atoms with Gasteiger partial charge < -0.3 is 10.0 Å². The Hall–Kier alpha value is -1.45. The van der Waals surface area contributed by atoms with Crippen molar-refractivity contribution in [1.29, 1.82) is 0 Å². The molecule has 21 heavy (non-hydrogen) atoms. The largest absolute Gasteiger partial charge is 0.480 e. The SMILES string of the molecule is CC1CN(C)CCC1NS(=O)(=O)c1cnn(CC(=O)O)c1. The number of carbonyl (C=O) groups is 1. The molecule has 118 valence electrons. The Morgan fingerprint density at radius 2 is 2.29 bits per heavy atom. The van der Waals surface area contributed by atoms with Gasteiger partial charge in [-0.3, -0.25) is 9.48 Å². The number of rotatable bonds is 5. The van der Waals surface area contributed by atoms with E-state index in [4.69, 9.17) is 5.11 Å². The van der Waals surface area contributed by atoms with Gasteiger partial charge in [0.25, 0.3) is 0 Å². The highest BCUT2D eigenvalue weighted by atomic mass is 32.2. The molecule has 1 aromatic heterocycles. The number of nitrogens with zero attached hydrogens (tertiary/aromatic N) is 3. The van der Waals surface area contributed by atoms with Crippen LogP contribution in [0.1, 0.15) is 13.3 Å². The molecule has 2 N–H and O–H groups in total. The Morgan fingerprint density at radius 1 is 1.57 bits per heavy atom. The summed E-state index contributed by atoms with van der Waals surface area (Å²) in [4.78, 5) is 12.7. The lowest BCUT2D eigenvalue weighted by molar-refractivity contribution is -0.137. The highest BCUT2D eigenvalue weighted by Crippen LogP contribution is 2.18. The van der Waals surface area contributed by atoms with Gasteiger partial charge in [0.15, 0.2) is 0 Å². The molecule has 2 atom stereocenters. The molecular formula is C12H20N4O4S. The molecule has 0 aliphatic carbocycles. The van der Waals surface area contributed by atoms with Gasteiger partial charge in [0.2, 0.25) is 10.0 Å². The fraction of sp³-hybridized carbons (Fsp3) is 0.667. The average molecular weight is 316 g/mol. The maximum absolute atomic E-state index is 12.3. The molecule has 2 heterocycles. The van der Waals surface area contributed by atoms with E-state index in [1.165, 1.54) is 12.4 Å². The lowest BCUT2D eigenvalue weighted by Gasteiger charge is -2.34. The van der Waals surface area contributed by atoms with Gasteiger partial charge in [0.05, 0.1) is 6.20 Å². The molecule has 0 bridgehead atoms. The van der Waals surface area contributed by atoms with Crippen LogP contribution in [0.5, 0.6) is 0 Å². The zero-order valence-electron chi connectivity index (χ0n) is 12.1. The Kier molecular flexibility index (Phi) is 4.64. The van der Waals surface area contributed by atoms with Gasteiger partial charge in [-0.1, -0.05) is 6.92 Å². The summed E-state index contributed by atoms with van der Waals surface area (Å²) in [5, 5.41) is 12.4. The summed E-state index contributed by atoms with van der Waals surface area (Å²) in [6.45, 7) is 3.33. The second-order valence-electron chi connectivity index (χ2n) is 5.52. The second kappa shape index (κ2) is 6.12. The highest BCUT2D eigenvalue weighted by Gasteiger charge is 2.29. The summed E-state index contributed by atoms with van der Waals surface area (Å²) >= 11 is 0. The third-order valence-electron chi connectivity index (χ3n) is 3.63. The first-order chi connectivity index (χ1) is 9.78. The van der Waals surface area contributed by atoms with Crippen LogP contribution in [0, 0.1) is 5.92 Å². The molecule has 8 nitrogen and oxygen atoms in total. The molecule has 1 aromatic rings. The topological polar surface area (TPSA) is 105 Å². The Balaban J connectivity index is 2.07. The molecule has 0 amide bonds. The predicted octanol–water partition coefficient (Wildman–Crippen LogP) is -0.414. The number of piperidine rings is 1. The molecule has 1 saturated heterocycles. The van der Waals surface area contributed by atoms with Crippen molar-refractivity contribution in [3.05, 3.63) is 12.4 Å².